The quantitative estimate of drug-likeness (QED) is 0.760. The zero-order valence-corrected chi connectivity index (χ0v) is 11.0. The standard InChI is InChI=1S/C17H17NO/c1-18-16(17-7-4-10-19-17)12-13-8-9-14-5-2-3-6-15(14)11-13/h2-11,16,18H,12H2,1H3. The summed E-state index contributed by atoms with van der Waals surface area (Å²) in [6, 6.07) is 19.2. The second kappa shape index (κ2) is 5.29. The Hall–Kier alpha value is -2.06. The van der Waals surface area contributed by atoms with Gasteiger partial charge in [-0.1, -0.05) is 42.5 Å². The predicted octanol–water partition coefficient (Wildman–Crippen LogP) is 3.94. The van der Waals surface area contributed by atoms with Crippen LogP contribution in [-0.2, 0) is 6.42 Å². The molecule has 96 valence electrons. The lowest BCUT2D eigenvalue weighted by atomic mass is 10.0. The molecule has 0 radical (unpaired) electrons. The summed E-state index contributed by atoms with van der Waals surface area (Å²) in [7, 11) is 1.97. The summed E-state index contributed by atoms with van der Waals surface area (Å²) >= 11 is 0. The van der Waals surface area contributed by atoms with Crippen LogP contribution in [0.4, 0.5) is 0 Å². The molecular formula is C17H17NO. The van der Waals surface area contributed by atoms with Gasteiger partial charge < -0.3 is 9.73 Å². The highest BCUT2D eigenvalue weighted by Gasteiger charge is 2.12. The van der Waals surface area contributed by atoms with Crippen LogP contribution in [0.25, 0.3) is 10.8 Å². The Morgan fingerprint density at radius 3 is 2.58 bits per heavy atom. The van der Waals surface area contributed by atoms with Gasteiger partial charge in [-0.15, -0.1) is 0 Å². The van der Waals surface area contributed by atoms with Gasteiger partial charge in [0, 0.05) is 0 Å². The van der Waals surface area contributed by atoms with E-state index in [-0.39, 0.29) is 6.04 Å². The molecule has 1 N–H and O–H groups in total. The van der Waals surface area contributed by atoms with Crippen molar-refractivity contribution in [3.05, 3.63) is 72.2 Å². The molecule has 2 aromatic carbocycles. The van der Waals surface area contributed by atoms with Gasteiger partial charge in [0.15, 0.2) is 0 Å². The lowest BCUT2D eigenvalue weighted by Gasteiger charge is -2.14. The number of hydrogen-bond acceptors (Lipinski definition) is 2. The number of rotatable bonds is 4. The smallest absolute Gasteiger partial charge is 0.121 e. The van der Waals surface area contributed by atoms with E-state index in [0.717, 1.165) is 12.2 Å². The van der Waals surface area contributed by atoms with Crippen LogP contribution >= 0.6 is 0 Å². The summed E-state index contributed by atoms with van der Waals surface area (Å²) in [5.41, 5.74) is 1.31. The number of furan rings is 1. The average Bonchev–Trinajstić information content (AvgIpc) is 2.98. The van der Waals surface area contributed by atoms with E-state index in [2.05, 4.69) is 47.8 Å². The van der Waals surface area contributed by atoms with Crippen LogP contribution in [0.1, 0.15) is 17.4 Å². The highest BCUT2D eigenvalue weighted by molar-refractivity contribution is 5.83. The summed E-state index contributed by atoms with van der Waals surface area (Å²) in [4.78, 5) is 0. The topological polar surface area (TPSA) is 25.2 Å². The Balaban J connectivity index is 1.88. The summed E-state index contributed by atoms with van der Waals surface area (Å²) in [5, 5.41) is 5.88. The summed E-state index contributed by atoms with van der Waals surface area (Å²) in [6.07, 6.45) is 2.65. The number of hydrogen-bond donors (Lipinski definition) is 1. The van der Waals surface area contributed by atoms with Crippen molar-refractivity contribution in [2.75, 3.05) is 7.05 Å². The summed E-state index contributed by atoms with van der Waals surface area (Å²) < 4.78 is 5.48. The van der Waals surface area contributed by atoms with Gasteiger partial charge in [0.25, 0.3) is 0 Å². The monoisotopic (exact) mass is 251 g/mol. The third-order valence-corrected chi connectivity index (χ3v) is 3.49. The Morgan fingerprint density at radius 1 is 1.00 bits per heavy atom. The van der Waals surface area contributed by atoms with E-state index < -0.39 is 0 Å². The van der Waals surface area contributed by atoms with Crippen molar-refractivity contribution in [3.63, 3.8) is 0 Å². The maximum absolute atomic E-state index is 5.48. The average molecular weight is 251 g/mol. The zero-order valence-electron chi connectivity index (χ0n) is 11.0. The molecule has 19 heavy (non-hydrogen) atoms. The highest BCUT2D eigenvalue weighted by atomic mass is 16.3. The fourth-order valence-corrected chi connectivity index (χ4v) is 2.44. The molecule has 1 atom stereocenters. The molecule has 0 bridgehead atoms. The molecule has 1 heterocycles. The molecular weight excluding hydrogens is 234 g/mol. The largest absolute Gasteiger partial charge is 0.468 e. The Kier molecular flexibility index (Phi) is 3.34. The summed E-state index contributed by atoms with van der Waals surface area (Å²) in [6.45, 7) is 0. The lowest BCUT2D eigenvalue weighted by Crippen LogP contribution is -2.18. The molecule has 2 heteroatoms. The van der Waals surface area contributed by atoms with Crippen LogP contribution in [0, 0.1) is 0 Å². The minimum Gasteiger partial charge on any atom is -0.468 e. The highest BCUT2D eigenvalue weighted by Crippen LogP contribution is 2.21. The first kappa shape index (κ1) is 12.0. The van der Waals surface area contributed by atoms with E-state index in [1.165, 1.54) is 16.3 Å². The first-order chi connectivity index (χ1) is 9.36. The molecule has 1 aromatic heterocycles. The zero-order chi connectivity index (χ0) is 13.1. The van der Waals surface area contributed by atoms with Gasteiger partial charge in [-0.05, 0) is 41.9 Å². The first-order valence-corrected chi connectivity index (χ1v) is 6.55. The van der Waals surface area contributed by atoms with Gasteiger partial charge in [0.2, 0.25) is 0 Å². The van der Waals surface area contributed by atoms with Crippen molar-refractivity contribution in [2.45, 2.75) is 12.5 Å². The Labute approximate surface area is 113 Å². The van der Waals surface area contributed by atoms with E-state index in [9.17, 15) is 0 Å². The minimum atomic E-state index is 0.219. The van der Waals surface area contributed by atoms with E-state index in [4.69, 9.17) is 4.42 Å². The van der Waals surface area contributed by atoms with Crippen LogP contribution in [0.3, 0.4) is 0 Å². The van der Waals surface area contributed by atoms with Crippen molar-refractivity contribution < 1.29 is 4.42 Å². The van der Waals surface area contributed by atoms with Crippen LogP contribution in [-0.4, -0.2) is 7.05 Å². The fraction of sp³-hybridized carbons (Fsp3) is 0.176. The van der Waals surface area contributed by atoms with Crippen molar-refractivity contribution >= 4 is 10.8 Å². The molecule has 0 spiro atoms. The molecule has 0 aliphatic carbocycles. The fourth-order valence-electron chi connectivity index (χ4n) is 2.44. The van der Waals surface area contributed by atoms with Crippen LogP contribution in [0.5, 0.6) is 0 Å². The molecule has 1 unspecified atom stereocenters. The summed E-state index contributed by atoms with van der Waals surface area (Å²) in [5.74, 6) is 0.982. The van der Waals surface area contributed by atoms with E-state index in [1.54, 1.807) is 6.26 Å². The van der Waals surface area contributed by atoms with Gasteiger partial charge >= 0.3 is 0 Å². The van der Waals surface area contributed by atoms with Crippen molar-refractivity contribution in [1.29, 1.82) is 0 Å². The number of likely N-dealkylation sites (N-methyl/N-ethyl adjacent to an activating group) is 1. The minimum absolute atomic E-state index is 0.219. The maximum Gasteiger partial charge on any atom is 0.121 e. The van der Waals surface area contributed by atoms with E-state index in [1.807, 2.05) is 19.2 Å². The molecule has 0 saturated heterocycles. The van der Waals surface area contributed by atoms with Gasteiger partial charge in [-0.2, -0.15) is 0 Å². The second-order valence-corrected chi connectivity index (χ2v) is 4.74. The second-order valence-electron chi connectivity index (χ2n) is 4.74. The molecule has 3 rings (SSSR count). The molecule has 0 aliphatic heterocycles. The Bertz CT molecular complexity index is 658. The first-order valence-electron chi connectivity index (χ1n) is 6.55. The molecule has 0 saturated carbocycles. The van der Waals surface area contributed by atoms with Gasteiger partial charge in [-0.3, -0.25) is 0 Å². The number of nitrogens with one attached hydrogen (secondary N) is 1. The van der Waals surface area contributed by atoms with Crippen LogP contribution in [0.2, 0.25) is 0 Å². The SMILES string of the molecule is CNC(Cc1ccc2ccccc2c1)c1ccco1. The molecule has 2 nitrogen and oxygen atoms in total. The number of benzene rings is 2. The molecule has 3 aromatic rings. The maximum atomic E-state index is 5.48. The predicted molar refractivity (Wildman–Crippen MR) is 78.2 cm³/mol. The Morgan fingerprint density at radius 2 is 1.84 bits per heavy atom. The van der Waals surface area contributed by atoms with Crippen molar-refractivity contribution in [3.8, 4) is 0 Å². The number of fused-ring (bicyclic) bond motifs is 1. The van der Waals surface area contributed by atoms with Crippen LogP contribution in [0.15, 0.2) is 65.3 Å². The molecule has 0 amide bonds. The molecule has 0 aliphatic rings. The van der Waals surface area contributed by atoms with E-state index in [0.29, 0.717) is 0 Å². The van der Waals surface area contributed by atoms with Gasteiger partial charge in [0.1, 0.15) is 5.76 Å². The van der Waals surface area contributed by atoms with E-state index >= 15 is 0 Å². The van der Waals surface area contributed by atoms with Crippen LogP contribution < -0.4 is 5.32 Å². The van der Waals surface area contributed by atoms with Crippen molar-refractivity contribution in [1.82, 2.24) is 5.32 Å². The van der Waals surface area contributed by atoms with Gasteiger partial charge in [-0.25, -0.2) is 0 Å². The normalized spacial score (nSPS) is 12.7. The lowest BCUT2D eigenvalue weighted by molar-refractivity contribution is 0.429. The molecule has 0 fully saturated rings. The van der Waals surface area contributed by atoms with Gasteiger partial charge in [0.05, 0.1) is 12.3 Å². The van der Waals surface area contributed by atoms with Crippen molar-refractivity contribution in [2.24, 2.45) is 0 Å². The third kappa shape index (κ3) is 2.54. The third-order valence-electron chi connectivity index (χ3n) is 3.49.